The molecule has 3 rings (SSSR count). The molecule has 1 N–H and O–H groups in total. The van der Waals surface area contributed by atoms with Gasteiger partial charge in [-0.15, -0.1) is 11.3 Å². The number of anilines is 1. The Morgan fingerprint density at radius 2 is 1.83 bits per heavy atom. The van der Waals surface area contributed by atoms with Gasteiger partial charge < -0.3 is 19.5 Å². The van der Waals surface area contributed by atoms with Gasteiger partial charge in [0.15, 0.2) is 10.6 Å². The number of carbonyl (C=O) groups excluding carboxylic acids is 2. The molecule has 0 bridgehead atoms. The van der Waals surface area contributed by atoms with Crippen molar-refractivity contribution in [3.63, 3.8) is 0 Å². The predicted molar refractivity (Wildman–Crippen MR) is 119 cm³/mol. The fourth-order valence-electron chi connectivity index (χ4n) is 3.00. The van der Waals surface area contributed by atoms with Crippen LogP contribution in [0, 0.1) is 0 Å². The topological polar surface area (TPSA) is 73.9 Å². The third-order valence-electron chi connectivity index (χ3n) is 4.55. The van der Waals surface area contributed by atoms with Crippen LogP contribution in [0.2, 0.25) is 0 Å². The van der Waals surface area contributed by atoms with E-state index in [4.69, 9.17) is 14.2 Å². The molecule has 1 heterocycles. The molecular weight excluding hydrogens is 402 g/mol. The highest BCUT2D eigenvalue weighted by atomic mass is 32.1. The van der Waals surface area contributed by atoms with E-state index < -0.39 is 5.97 Å². The molecule has 7 heteroatoms. The van der Waals surface area contributed by atoms with Crippen LogP contribution in [0.1, 0.15) is 35.0 Å². The van der Waals surface area contributed by atoms with Gasteiger partial charge in [-0.3, -0.25) is 4.79 Å². The SMILES string of the molecule is CCCOc1c(C(=O)OC)sc2ccc(NC(=O)CCc3ccc(OC)cc3)cc12. The number of amides is 1. The average Bonchev–Trinajstić information content (AvgIpc) is 3.13. The Bertz CT molecular complexity index is 1030. The molecule has 0 aliphatic heterocycles. The minimum atomic E-state index is -0.424. The van der Waals surface area contributed by atoms with Crippen molar-refractivity contribution in [2.75, 3.05) is 26.1 Å². The number of benzene rings is 2. The lowest BCUT2D eigenvalue weighted by Gasteiger charge is -2.08. The molecule has 0 aliphatic carbocycles. The maximum absolute atomic E-state index is 12.4. The van der Waals surface area contributed by atoms with Crippen LogP contribution in [-0.4, -0.2) is 32.7 Å². The molecular formula is C23H25NO5S. The molecule has 30 heavy (non-hydrogen) atoms. The standard InChI is InChI=1S/C23H25NO5S/c1-4-13-29-21-18-14-16(8-11-19(18)30-22(21)23(26)28-3)24-20(25)12-7-15-5-9-17(27-2)10-6-15/h5-6,8-11,14H,4,7,12-13H2,1-3H3,(H,24,25). The Balaban J connectivity index is 1.73. The highest BCUT2D eigenvalue weighted by molar-refractivity contribution is 7.21. The number of hydrogen-bond acceptors (Lipinski definition) is 6. The van der Waals surface area contributed by atoms with Gasteiger partial charge in [-0.2, -0.15) is 0 Å². The van der Waals surface area contributed by atoms with E-state index in [1.165, 1.54) is 18.4 Å². The molecule has 0 atom stereocenters. The van der Waals surface area contributed by atoms with Crippen molar-refractivity contribution in [2.24, 2.45) is 0 Å². The summed E-state index contributed by atoms with van der Waals surface area (Å²) in [4.78, 5) is 25.0. The number of thiophene rings is 1. The molecule has 3 aromatic rings. The molecule has 6 nitrogen and oxygen atoms in total. The zero-order valence-corrected chi connectivity index (χ0v) is 18.1. The molecule has 1 aromatic heterocycles. The number of fused-ring (bicyclic) bond motifs is 1. The second-order valence-electron chi connectivity index (χ2n) is 6.71. The number of hydrogen-bond donors (Lipinski definition) is 1. The lowest BCUT2D eigenvalue weighted by atomic mass is 10.1. The van der Waals surface area contributed by atoms with Crippen molar-refractivity contribution < 1.29 is 23.8 Å². The molecule has 0 spiro atoms. The normalized spacial score (nSPS) is 10.6. The smallest absolute Gasteiger partial charge is 0.351 e. The highest BCUT2D eigenvalue weighted by Crippen LogP contribution is 2.39. The average molecular weight is 428 g/mol. The Hall–Kier alpha value is -3.06. The van der Waals surface area contributed by atoms with Gasteiger partial charge in [0.05, 0.1) is 20.8 Å². The number of methoxy groups -OCH3 is 2. The fraction of sp³-hybridized carbons (Fsp3) is 0.304. The van der Waals surface area contributed by atoms with Crippen molar-refractivity contribution in [3.8, 4) is 11.5 Å². The molecule has 0 radical (unpaired) electrons. The number of esters is 1. The fourth-order valence-corrected chi connectivity index (χ4v) is 4.05. The number of ether oxygens (including phenoxy) is 3. The van der Waals surface area contributed by atoms with Crippen LogP contribution in [0.25, 0.3) is 10.1 Å². The number of aryl methyl sites for hydroxylation is 1. The van der Waals surface area contributed by atoms with Crippen LogP contribution in [0.4, 0.5) is 5.69 Å². The van der Waals surface area contributed by atoms with Gasteiger partial charge in [0.25, 0.3) is 0 Å². The summed E-state index contributed by atoms with van der Waals surface area (Å²) in [6.07, 6.45) is 1.81. The summed E-state index contributed by atoms with van der Waals surface area (Å²) in [5.41, 5.74) is 1.73. The predicted octanol–water partition coefficient (Wildman–Crippen LogP) is 5.06. The van der Waals surface area contributed by atoms with Gasteiger partial charge in [0, 0.05) is 22.2 Å². The van der Waals surface area contributed by atoms with Crippen molar-refractivity contribution in [3.05, 3.63) is 52.9 Å². The van der Waals surface area contributed by atoms with E-state index >= 15 is 0 Å². The quantitative estimate of drug-likeness (QED) is 0.484. The van der Waals surface area contributed by atoms with Crippen LogP contribution in [0.5, 0.6) is 11.5 Å². The van der Waals surface area contributed by atoms with Gasteiger partial charge in [0.2, 0.25) is 5.91 Å². The Labute approximate surface area is 179 Å². The van der Waals surface area contributed by atoms with Crippen molar-refractivity contribution in [1.29, 1.82) is 0 Å². The van der Waals surface area contributed by atoms with Gasteiger partial charge >= 0.3 is 5.97 Å². The molecule has 1 amide bonds. The third kappa shape index (κ3) is 5.10. The van der Waals surface area contributed by atoms with Crippen LogP contribution in [0.15, 0.2) is 42.5 Å². The molecule has 158 valence electrons. The molecule has 2 aromatic carbocycles. The van der Waals surface area contributed by atoms with E-state index in [1.807, 2.05) is 49.4 Å². The summed E-state index contributed by atoms with van der Waals surface area (Å²) >= 11 is 1.32. The van der Waals surface area contributed by atoms with E-state index in [2.05, 4.69) is 5.32 Å². The Morgan fingerprint density at radius 3 is 2.50 bits per heavy atom. The first-order chi connectivity index (χ1) is 14.5. The van der Waals surface area contributed by atoms with Gasteiger partial charge in [0.1, 0.15) is 5.75 Å². The molecule has 0 unspecified atom stereocenters. The lowest BCUT2D eigenvalue weighted by molar-refractivity contribution is -0.116. The van der Waals surface area contributed by atoms with E-state index in [-0.39, 0.29) is 5.91 Å². The van der Waals surface area contributed by atoms with E-state index in [1.54, 1.807) is 7.11 Å². The first-order valence-corrected chi connectivity index (χ1v) is 10.6. The Kier molecular flexibility index (Phi) is 7.30. The lowest BCUT2D eigenvalue weighted by Crippen LogP contribution is -2.12. The van der Waals surface area contributed by atoms with Crippen LogP contribution in [-0.2, 0) is 16.0 Å². The van der Waals surface area contributed by atoms with E-state index in [0.29, 0.717) is 35.8 Å². The Morgan fingerprint density at radius 1 is 1.07 bits per heavy atom. The summed E-state index contributed by atoms with van der Waals surface area (Å²) in [7, 11) is 2.98. The van der Waals surface area contributed by atoms with Crippen molar-refractivity contribution in [1.82, 2.24) is 0 Å². The van der Waals surface area contributed by atoms with Gasteiger partial charge in [-0.25, -0.2) is 4.79 Å². The molecule has 0 saturated heterocycles. The van der Waals surface area contributed by atoms with Gasteiger partial charge in [-0.05, 0) is 48.7 Å². The first kappa shape index (κ1) is 21.6. The minimum absolute atomic E-state index is 0.0791. The number of nitrogens with one attached hydrogen (secondary N) is 1. The van der Waals surface area contributed by atoms with Crippen LogP contribution in [0.3, 0.4) is 0 Å². The summed E-state index contributed by atoms with van der Waals surface area (Å²) in [5.74, 6) is 0.801. The monoisotopic (exact) mass is 427 g/mol. The summed E-state index contributed by atoms with van der Waals surface area (Å²) in [6.45, 7) is 2.50. The first-order valence-electron chi connectivity index (χ1n) is 9.76. The maximum atomic E-state index is 12.4. The van der Waals surface area contributed by atoms with E-state index in [9.17, 15) is 9.59 Å². The van der Waals surface area contributed by atoms with Crippen LogP contribution < -0.4 is 14.8 Å². The molecule has 0 saturated carbocycles. The van der Waals surface area contributed by atoms with Crippen LogP contribution >= 0.6 is 11.3 Å². The maximum Gasteiger partial charge on any atom is 0.351 e. The third-order valence-corrected chi connectivity index (χ3v) is 5.68. The highest BCUT2D eigenvalue weighted by Gasteiger charge is 2.21. The van der Waals surface area contributed by atoms with Crippen molar-refractivity contribution in [2.45, 2.75) is 26.2 Å². The zero-order chi connectivity index (χ0) is 21.5. The van der Waals surface area contributed by atoms with Gasteiger partial charge in [-0.1, -0.05) is 19.1 Å². The second-order valence-corrected chi connectivity index (χ2v) is 7.76. The summed E-state index contributed by atoms with van der Waals surface area (Å²) < 4.78 is 16.8. The largest absolute Gasteiger partial charge is 0.497 e. The van der Waals surface area contributed by atoms with E-state index in [0.717, 1.165) is 27.8 Å². The number of rotatable bonds is 9. The second kappa shape index (κ2) is 10.1. The summed E-state index contributed by atoms with van der Waals surface area (Å²) in [6, 6.07) is 13.2. The number of carbonyl (C=O) groups is 2. The minimum Gasteiger partial charge on any atom is -0.497 e. The zero-order valence-electron chi connectivity index (χ0n) is 17.3. The molecule has 0 aliphatic rings. The molecule has 0 fully saturated rings. The van der Waals surface area contributed by atoms with Crippen molar-refractivity contribution >= 4 is 39.0 Å². The summed E-state index contributed by atoms with van der Waals surface area (Å²) in [5, 5.41) is 3.73.